The van der Waals surface area contributed by atoms with E-state index in [0.717, 1.165) is 33.8 Å². The summed E-state index contributed by atoms with van der Waals surface area (Å²) in [5.41, 5.74) is 0. The molecule has 11 N–H and O–H groups in total. The summed E-state index contributed by atoms with van der Waals surface area (Å²) < 4.78 is 56.9. The topological polar surface area (TPSA) is 407 Å². The number of carboxylic acid groups (broad SMARTS) is 1. The van der Waals surface area contributed by atoms with Gasteiger partial charge in [0.1, 0.15) is 91.9 Å². The number of esters is 1. The van der Waals surface area contributed by atoms with Crippen LogP contribution in [0.4, 0.5) is 0 Å². The minimum atomic E-state index is -2.30. The zero-order valence-electron chi connectivity index (χ0n) is 42.6. The quantitative estimate of drug-likeness (QED) is 0.0299. The highest BCUT2D eigenvalue weighted by Crippen LogP contribution is 2.35. The lowest BCUT2D eigenvalue weighted by Crippen LogP contribution is -2.71. The van der Waals surface area contributed by atoms with Gasteiger partial charge in [0.05, 0.1) is 19.8 Å². The number of aliphatic hydroxyl groups excluding tert-OH is 8. The molecule has 0 spiro atoms. The minimum absolute atomic E-state index is 0.0423. The van der Waals surface area contributed by atoms with Gasteiger partial charge in [-0.3, -0.25) is 19.2 Å². The Morgan fingerprint density at radius 1 is 0.608 bits per heavy atom. The molecule has 0 radical (unpaired) electrons. The molecule has 4 saturated heterocycles. The largest absolute Gasteiger partial charge is 0.479 e. The number of hydrogen-bond donors (Lipinski definition) is 11. The van der Waals surface area contributed by atoms with Gasteiger partial charge in [0.15, 0.2) is 37.4 Å². The van der Waals surface area contributed by atoms with Crippen molar-refractivity contribution in [3.8, 4) is 0 Å². The van der Waals surface area contributed by atoms with Crippen molar-refractivity contribution >= 4 is 35.6 Å². The fraction of sp³-hybridized carbons (Fsp3) is 0.867. The standard InChI is InChI=1S/C45H76N4O25/c1-9-10-11-12-24(54)49(14-13-48(6)39(61)19(2)3)15-16-67-41(64)38-36(30(58)32(60)45(74-38)70-33-25(46-20(4)52)42(66-8)68-22(17-50)27(33)55)72-43-26(47-21(5)53)34(28(56)23(18-51)69-43)71-44-31(59)29(57)35(65-7)37(73-44)40(62)63/h19,22-23,25-38,42-45,50-51,55-60H,9-18H2,1-8H3,(H,46,52)(H,47,53)(H,62,63). The number of nitrogens with zero attached hydrogens (tertiary/aromatic N) is 2. The molecule has 29 heteroatoms. The van der Waals surface area contributed by atoms with Crippen LogP contribution in [0.1, 0.15) is 60.3 Å². The molecule has 0 saturated carbocycles. The number of unbranched alkanes of at least 4 members (excludes halogenated alkanes) is 2. The average Bonchev–Trinajstić information content (AvgIpc) is 3.35. The first-order valence-electron chi connectivity index (χ1n) is 24.4. The molecule has 0 bridgehead atoms. The number of aliphatic carboxylic acids is 1. The summed E-state index contributed by atoms with van der Waals surface area (Å²) >= 11 is 0. The third kappa shape index (κ3) is 15.6. The van der Waals surface area contributed by atoms with E-state index in [0.29, 0.717) is 6.42 Å². The molecular formula is C45H76N4O25. The van der Waals surface area contributed by atoms with E-state index in [9.17, 15) is 74.7 Å². The summed E-state index contributed by atoms with van der Waals surface area (Å²) in [5, 5.41) is 103. The lowest BCUT2D eigenvalue weighted by atomic mass is 9.94. The highest BCUT2D eigenvalue weighted by atomic mass is 16.8. The van der Waals surface area contributed by atoms with E-state index < -0.39 is 166 Å². The van der Waals surface area contributed by atoms with Crippen molar-refractivity contribution in [2.45, 2.75) is 183 Å². The van der Waals surface area contributed by atoms with Crippen LogP contribution in [0.2, 0.25) is 0 Å². The normalized spacial score (nSPS) is 36.4. The highest BCUT2D eigenvalue weighted by molar-refractivity contribution is 5.79. The molecule has 0 aromatic carbocycles. The van der Waals surface area contributed by atoms with Crippen LogP contribution >= 0.6 is 0 Å². The summed E-state index contributed by atoms with van der Waals surface area (Å²) in [6, 6.07) is -3.19. The van der Waals surface area contributed by atoms with Crippen molar-refractivity contribution in [3.05, 3.63) is 0 Å². The maximum Gasteiger partial charge on any atom is 0.338 e. The zero-order valence-corrected chi connectivity index (χ0v) is 42.6. The van der Waals surface area contributed by atoms with Crippen LogP contribution in [0, 0.1) is 5.92 Å². The Labute approximate surface area is 427 Å². The molecule has 4 fully saturated rings. The number of methoxy groups -OCH3 is 2. The second kappa shape index (κ2) is 29.0. The molecular weight excluding hydrogens is 996 g/mol. The first kappa shape index (κ1) is 62.7. The van der Waals surface area contributed by atoms with Crippen LogP contribution < -0.4 is 10.6 Å². The van der Waals surface area contributed by atoms with Crippen molar-refractivity contribution in [2.75, 3.05) is 60.7 Å². The number of nitrogens with one attached hydrogen (secondary N) is 2. The second-order valence-corrected chi connectivity index (χ2v) is 18.7. The van der Waals surface area contributed by atoms with E-state index in [1.54, 1.807) is 20.9 Å². The summed E-state index contributed by atoms with van der Waals surface area (Å²) in [6.07, 6.45) is -32.4. The molecule has 4 aliphatic rings. The fourth-order valence-electron chi connectivity index (χ4n) is 8.93. The third-order valence-corrected chi connectivity index (χ3v) is 12.9. The highest BCUT2D eigenvalue weighted by Gasteiger charge is 2.58. The summed E-state index contributed by atoms with van der Waals surface area (Å²) in [6.45, 7) is 5.12. The number of rotatable bonds is 25. The van der Waals surface area contributed by atoms with Gasteiger partial charge in [-0.2, -0.15) is 0 Å². The summed E-state index contributed by atoms with van der Waals surface area (Å²) in [5.74, 6) is -5.34. The monoisotopic (exact) mass is 1070 g/mol. The Balaban J connectivity index is 1.73. The third-order valence-electron chi connectivity index (χ3n) is 12.9. The van der Waals surface area contributed by atoms with Crippen LogP contribution in [-0.2, 0) is 76.1 Å². The smallest absolute Gasteiger partial charge is 0.338 e. The van der Waals surface area contributed by atoms with E-state index in [-0.39, 0.29) is 43.8 Å². The molecule has 20 unspecified atom stereocenters. The van der Waals surface area contributed by atoms with E-state index >= 15 is 0 Å². The molecule has 4 rings (SSSR count). The number of carbonyl (C=O) groups excluding carboxylic acids is 5. The molecule has 4 amide bonds. The van der Waals surface area contributed by atoms with Crippen molar-refractivity contribution in [2.24, 2.45) is 5.92 Å². The predicted molar refractivity (Wildman–Crippen MR) is 244 cm³/mol. The van der Waals surface area contributed by atoms with Crippen molar-refractivity contribution in [1.82, 2.24) is 20.4 Å². The van der Waals surface area contributed by atoms with E-state index in [1.807, 2.05) is 6.92 Å². The first-order valence-corrected chi connectivity index (χ1v) is 24.4. The first-order chi connectivity index (χ1) is 35.0. The van der Waals surface area contributed by atoms with Gasteiger partial charge in [-0.15, -0.1) is 0 Å². The molecule has 20 atom stereocenters. The molecule has 0 aromatic heterocycles. The maximum atomic E-state index is 14.4. The Morgan fingerprint density at radius 3 is 1.58 bits per heavy atom. The Hall–Kier alpha value is -3.86. The van der Waals surface area contributed by atoms with Gasteiger partial charge in [0.25, 0.3) is 0 Å². The molecule has 4 heterocycles. The van der Waals surface area contributed by atoms with Crippen LogP contribution in [0.15, 0.2) is 0 Å². The summed E-state index contributed by atoms with van der Waals surface area (Å²) in [4.78, 5) is 80.7. The Kier molecular flexibility index (Phi) is 24.6. The average molecular weight is 1070 g/mol. The van der Waals surface area contributed by atoms with Crippen molar-refractivity contribution in [1.29, 1.82) is 0 Å². The molecule has 0 aromatic rings. The van der Waals surface area contributed by atoms with Gasteiger partial charge in [-0.05, 0) is 6.42 Å². The van der Waals surface area contributed by atoms with Crippen LogP contribution in [0.3, 0.4) is 0 Å². The fourth-order valence-corrected chi connectivity index (χ4v) is 8.93. The zero-order chi connectivity index (χ0) is 55.3. The van der Waals surface area contributed by atoms with Gasteiger partial charge >= 0.3 is 11.9 Å². The second-order valence-electron chi connectivity index (χ2n) is 18.7. The van der Waals surface area contributed by atoms with Crippen molar-refractivity contribution < 1.29 is 122 Å². The van der Waals surface area contributed by atoms with Gasteiger partial charge in [-0.25, -0.2) is 9.59 Å². The number of likely N-dealkylation sites (N-methyl/N-ethyl adjacent to an activating group) is 1. The van der Waals surface area contributed by atoms with Crippen molar-refractivity contribution in [3.63, 3.8) is 0 Å². The number of amides is 4. The Morgan fingerprint density at radius 2 is 1.11 bits per heavy atom. The SMILES string of the molecule is CCCCCC(=O)N(CCOC(=O)C1OC(OC2C(O)C(CO)OC(OC)C2NC(C)=O)C(O)C(O)C1OC1OC(CO)C(O)C(OC2OC(C(=O)O)C(OC)C(O)C2O)C1NC(C)=O)CCN(C)C(=O)C(C)C. The van der Waals surface area contributed by atoms with E-state index in [4.69, 9.17) is 47.4 Å². The minimum Gasteiger partial charge on any atom is -0.479 e. The van der Waals surface area contributed by atoms with Gasteiger partial charge in [0.2, 0.25) is 23.6 Å². The number of ether oxygens (including phenoxy) is 10. The lowest BCUT2D eigenvalue weighted by Gasteiger charge is -2.50. The molecule has 426 valence electrons. The molecule has 4 aliphatic heterocycles. The van der Waals surface area contributed by atoms with E-state index in [2.05, 4.69) is 10.6 Å². The maximum absolute atomic E-state index is 14.4. The van der Waals surface area contributed by atoms with Crippen LogP contribution in [0.25, 0.3) is 0 Å². The number of carboxylic acids is 1. The van der Waals surface area contributed by atoms with Gasteiger partial charge < -0.3 is 114 Å². The number of carbonyl (C=O) groups is 6. The molecule has 74 heavy (non-hydrogen) atoms. The van der Waals surface area contributed by atoms with Gasteiger partial charge in [0, 0.05) is 60.5 Å². The predicted octanol–water partition coefficient (Wildman–Crippen LogP) is -5.99. The number of hydrogen-bond acceptors (Lipinski definition) is 24. The van der Waals surface area contributed by atoms with Gasteiger partial charge in [-0.1, -0.05) is 33.6 Å². The van der Waals surface area contributed by atoms with Crippen LogP contribution in [-0.4, -0.2) is 275 Å². The van der Waals surface area contributed by atoms with E-state index in [1.165, 1.54) is 16.9 Å². The number of aliphatic hydroxyl groups is 8. The lowest BCUT2D eigenvalue weighted by molar-refractivity contribution is -0.369. The molecule has 0 aliphatic carbocycles. The molecule has 29 nitrogen and oxygen atoms in total. The Bertz CT molecular complexity index is 1840. The van der Waals surface area contributed by atoms with Crippen LogP contribution in [0.5, 0.6) is 0 Å². The summed E-state index contributed by atoms with van der Waals surface area (Å²) in [7, 11) is 3.81.